The van der Waals surface area contributed by atoms with Gasteiger partial charge in [-0.05, 0) is 12.1 Å². The van der Waals surface area contributed by atoms with E-state index in [1.165, 1.54) is 11.3 Å². The maximum absolute atomic E-state index is 12.2. The van der Waals surface area contributed by atoms with Crippen LogP contribution >= 0.6 is 11.3 Å². The monoisotopic (exact) mass is 544 g/mol. The summed E-state index contributed by atoms with van der Waals surface area (Å²) < 4.78 is 24.7. The molecule has 0 saturated heterocycles. The molecule has 0 aliphatic heterocycles. The Morgan fingerprint density at radius 1 is 1.10 bits per heavy atom. The molecule has 2 aromatic carbocycles. The van der Waals surface area contributed by atoms with Crippen molar-refractivity contribution < 1.29 is 23.1 Å². The van der Waals surface area contributed by atoms with Gasteiger partial charge in [-0.3, -0.25) is 4.79 Å². The summed E-state index contributed by atoms with van der Waals surface area (Å²) in [7, 11) is 5.04. The van der Waals surface area contributed by atoms with E-state index in [1.54, 1.807) is 61.1 Å². The number of carbonyl (C=O) groups excluding carboxylic acids is 1. The fourth-order valence-corrected chi connectivity index (χ4v) is 4.78. The molecule has 0 radical (unpaired) electrons. The summed E-state index contributed by atoms with van der Waals surface area (Å²) in [5, 5.41) is 7.11. The normalized spacial score (nSPS) is 11.4. The van der Waals surface area contributed by atoms with E-state index in [2.05, 4.69) is 15.1 Å². The lowest BCUT2D eigenvalue weighted by Crippen LogP contribution is -2.21. The Morgan fingerprint density at radius 2 is 1.92 bits per heavy atom. The van der Waals surface area contributed by atoms with Crippen LogP contribution in [0.4, 0.5) is 0 Å². The van der Waals surface area contributed by atoms with Crippen molar-refractivity contribution in [1.82, 2.24) is 29.5 Å². The standard InChI is InChI=1S/C27H24N6O5S/c1-5-22-31-33-12-19(29-27(33)38-22)24-30-23-20(10-18(35-4)11-21(23)37-24)36-13-17-14-39-25(28-17)15-6-8-16(9-7-15)26(34)32(2)3/h6-12,14H,5,13H2,1-4H3. The lowest BCUT2D eigenvalue weighted by Gasteiger charge is -2.10. The van der Waals surface area contributed by atoms with Gasteiger partial charge < -0.3 is 23.2 Å². The van der Waals surface area contributed by atoms with Crippen LogP contribution in [-0.4, -0.2) is 56.6 Å². The second-order valence-corrected chi connectivity index (χ2v) is 9.76. The summed E-state index contributed by atoms with van der Waals surface area (Å²) >= 11 is 1.51. The molecule has 0 unspecified atom stereocenters. The number of amides is 1. The highest BCUT2D eigenvalue weighted by molar-refractivity contribution is 7.13. The number of carbonyl (C=O) groups is 1. The van der Waals surface area contributed by atoms with Crippen molar-refractivity contribution in [2.24, 2.45) is 0 Å². The Morgan fingerprint density at radius 3 is 2.64 bits per heavy atom. The third kappa shape index (κ3) is 4.70. The van der Waals surface area contributed by atoms with Crippen LogP contribution in [0.2, 0.25) is 0 Å². The summed E-state index contributed by atoms with van der Waals surface area (Å²) in [6.07, 6.45) is 2.38. The van der Waals surface area contributed by atoms with E-state index in [0.717, 1.165) is 16.3 Å². The number of thiazole rings is 1. The van der Waals surface area contributed by atoms with Gasteiger partial charge in [0, 0.05) is 49.2 Å². The molecule has 0 spiro atoms. The van der Waals surface area contributed by atoms with Crippen LogP contribution in [0, 0.1) is 0 Å². The van der Waals surface area contributed by atoms with Gasteiger partial charge in [0.2, 0.25) is 11.8 Å². The van der Waals surface area contributed by atoms with Gasteiger partial charge in [0.25, 0.3) is 5.91 Å². The molecule has 198 valence electrons. The highest BCUT2D eigenvalue weighted by Crippen LogP contribution is 2.35. The number of nitrogens with zero attached hydrogens (tertiary/aromatic N) is 6. The van der Waals surface area contributed by atoms with Crippen molar-refractivity contribution in [2.45, 2.75) is 20.0 Å². The average Bonchev–Trinajstić information content (AvgIpc) is 3.73. The van der Waals surface area contributed by atoms with Crippen molar-refractivity contribution in [3.05, 3.63) is 65.1 Å². The quantitative estimate of drug-likeness (QED) is 0.257. The molecule has 0 aliphatic rings. The minimum Gasteiger partial charge on any atom is -0.496 e. The molecule has 11 nitrogen and oxygen atoms in total. The van der Waals surface area contributed by atoms with Crippen molar-refractivity contribution in [1.29, 1.82) is 0 Å². The molecular weight excluding hydrogens is 520 g/mol. The number of hydrogen-bond acceptors (Lipinski definition) is 10. The number of imidazole rings is 1. The van der Waals surface area contributed by atoms with E-state index in [4.69, 9.17) is 23.3 Å². The molecule has 0 aliphatic carbocycles. The van der Waals surface area contributed by atoms with Crippen LogP contribution in [0.25, 0.3) is 39.1 Å². The fraction of sp³-hybridized carbons (Fsp3) is 0.222. The van der Waals surface area contributed by atoms with Crippen molar-refractivity contribution in [2.75, 3.05) is 21.2 Å². The molecule has 6 rings (SSSR count). The first-order valence-corrected chi connectivity index (χ1v) is 13.0. The number of hydrogen-bond donors (Lipinski definition) is 0. The summed E-state index contributed by atoms with van der Waals surface area (Å²) in [6, 6.07) is 10.9. The summed E-state index contributed by atoms with van der Waals surface area (Å²) in [4.78, 5) is 27.5. The van der Waals surface area contributed by atoms with E-state index >= 15 is 0 Å². The SMILES string of the molecule is CCc1nn2cc(-c3nc4c(OCc5csc(-c6ccc(C(=O)N(C)C)cc6)n5)cc(OC)cc4o3)nc2o1. The number of benzene rings is 2. The van der Waals surface area contributed by atoms with Gasteiger partial charge in [0.1, 0.15) is 23.1 Å². The average molecular weight is 545 g/mol. The van der Waals surface area contributed by atoms with Gasteiger partial charge in [-0.15, -0.1) is 16.4 Å². The first-order chi connectivity index (χ1) is 18.9. The second-order valence-electron chi connectivity index (χ2n) is 8.90. The number of rotatable bonds is 8. The molecule has 12 heteroatoms. The van der Waals surface area contributed by atoms with Crippen LogP contribution in [0.15, 0.2) is 56.8 Å². The van der Waals surface area contributed by atoms with Crippen LogP contribution in [0.5, 0.6) is 11.5 Å². The van der Waals surface area contributed by atoms with Gasteiger partial charge in [-0.1, -0.05) is 19.1 Å². The first-order valence-electron chi connectivity index (χ1n) is 12.1. The molecule has 0 atom stereocenters. The summed E-state index contributed by atoms with van der Waals surface area (Å²) in [5.41, 5.74) is 3.84. The molecule has 0 N–H and O–H groups in total. The molecule has 1 amide bonds. The summed E-state index contributed by atoms with van der Waals surface area (Å²) in [5.74, 6) is 2.31. The van der Waals surface area contributed by atoms with Gasteiger partial charge >= 0.3 is 5.84 Å². The third-order valence-corrected chi connectivity index (χ3v) is 6.93. The van der Waals surface area contributed by atoms with E-state index in [1.807, 2.05) is 24.4 Å². The van der Waals surface area contributed by atoms with Crippen LogP contribution in [0.3, 0.4) is 0 Å². The molecule has 0 fully saturated rings. The number of methoxy groups -OCH3 is 1. The fourth-order valence-electron chi connectivity index (χ4n) is 3.97. The van der Waals surface area contributed by atoms with Crippen LogP contribution in [0.1, 0.15) is 28.9 Å². The van der Waals surface area contributed by atoms with E-state index in [-0.39, 0.29) is 12.5 Å². The van der Waals surface area contributed by atoms with Gasteiger partial charge in [-0.25, -0.2) is 9.97 Å². The van der Waals surface area contributed by atoms with Gasteiger partial charge in [-0.2, -0.15) is 9.50 Å². The van der Waals surface area contributed by atoms with E-state index in [9.17, 15) is 4.79 Å². The predicted octanol–water partition coefficient (Wildman–Crippen LogP) is 5.11. The number of ether oxygens (including phenoxy) is 2. The third-order valence-electron chi connectivity index (χ3n) is 5.99. The molecule has 0 saturated carbocycles. The number of oxazole rings is 1. The lowest BCUT2D eigenvalue weighted by atomic mass is 10.1. The largest absolute Gasteiger partial charge is 0.496 e. The van der Waals surface area contributed by atoms with E-state index in [0.29, 0.717) is 57.9 Å². The Bertz CT molecular complexity index is 1770. The Hall–Kier alpha value is -4.71. The molecule has 4 aromatic heterocycles. The van der Waals surface area contributed by atoms with Gasteiger partial charge in [0.15, 0.2) is 16.8 Å². The number of fused-ring (bicyclic) bond motifs is 2. The zero-order valence-corrected chi connectivity index (χ0v) is 22.5. The smallest absolute Gasteiger partial charge is 0.325 e. The summed E-state index contributed by atoms with van der Waals surface area (Å²) in [6.45, 7) is 2.18. The Kier molecular flexibility index (Phi) is 6.23. The Balaban J connectivity index is 1.23. The highest BCUT2D eigenvalue weighted by atomic mass is 32.1. The molecule has 4 heterocycles. The topological polar surface area (TPSA) is 121 Å². The first kappa shape index (κ1) is 24.6. The number of aryl methyl sites for hydroxylation is 1. The maximum Gasteiger partial charge on any atom is 0.325 e. The van der Waals surface area contributed by atoms with E-state index < -0.39 is 0 Å². The zero-order valence-electron chi connectivity index (χ0n) is 21.7. The van der Waals surface area contributed by atoms with Crippen molar-refractivity contribution >= 4 is 34.2 Å². The lowest BCUT2D eigenvalue weighted by molar-refractivity contribution is 0.0827. The van der Waals surface area contributed by atoms with Crippen LogP contribution in [-0.2, 0) is 13.0 Å². The molecule has 6 aromatic rings. The van der Waals surface area contributed by atoms with Crippen molar-refractivity contribution in [3.8, 4) is 33.7 Å². The van der Waals surface area contributed by atoms with Crippen LogP contribution < -0.4 is 9.47 Å². The maximum atomic E-state index is 12.2. The predicted molar refractivity (Wildman–Crippen MR) is 144 cm³/mol. The second kappa shape index (κ2) is 9.87. The molecular formula is C27H24N6O5S. The minimum atomic E-state index is -0.0418. The highest BCUT2D eigenvalue weighted by Gasteiger charge is 2.19. The van der Waals surface area contributed by atoms with Crippen molar-refractivity contribution in [3.63, 3.8) is 0 Å². The zero-order chi connectivity index (χ0) is 27.1. The molecule has 39 heavy (non-hydrogen) atoms. The number of aromatic nitrogens is 5. The minimum absolute atomic E-state index is 0.0418. The van der Waals surface area contributed by atoms with Gasteiger partial charge in [0.05, 0.1) is 19.0 Å². The Labute approximate surface area is 226 Å². The molecule has 0 bridgehead atoms.